The fourth-order valence-electron chi connectivity index (χ4n) is 4.21. The molecular weight excluding hydrogens is 476 g/mol. The number of halogens is 2. The average Bonchev–Trinajstić information content (AvgIpc) is 2.89. The summed E-state index contributed by atoms with van der Waals surface area (Å²) in [6.45, 7) is 4.10. The van der Waals surface area contributed by atoms with Crippen molar-refractivity contribution in [2.24, 2.45) is 0 Å². The molecule has 4 aromatic rings. The maximum absolute atomic E-state index is 12.4. The van der Waals surface area contributed by atoms with Gasteiger partial charge in [0, 0.05) is 66.6 Å². The molecule has 1 fully saturated rings. The van der Waals surface area contributed by atoms with Crippen molar-refractivity contribution >= 4 is 39.8 Å². The van der Waals surface area contributed by atoms with Crippen LogP contribution in [0.3, 0.4) is 0 Å². The minimum absolute atomic E-state index is 0.237. The van der Waals surface area contributed by atoms with E-state index in [1.165, 1.54) is 18.0 Å². The third kappa shape index (κ3) is 5.87. The standard InChI is InChI=1S/C27H25F2N7O/c1-35-11-13-36(14-12-35)21-7-5-19(6-8-21)33-27-31-17-18-3-2-4-22(26(18)34-27)23-15-20(9-10-30-23)32-25(37)16-24(28)29/h2-10,15-17H,11-14H2,1H3,(H,30,32,37)(H,31,33,34). The topological polar surface area (TPSA) is 86.3 Å². The van der Waals surface area contributed by atoms with E-state index in [-0.39, 0.29) is 6.08 Å². The first-order valence-electron chi connectivity index (χ1n) is 11.8. The highest BCUT2D eigenvalue weighted by molar-refractivity contribution is 6.00. The Morgan fingerprint density at radius 2 is 1.76 bits per heavy atom. The number of anilines is 4. The second-order valence-corrected chi connectivity index (χ2v) is 8.75. The molecule has 1 aliphatic heterocycles. The molecule has 0 unspecified atom stereocenters. The number of pyridine rings is 1. The van der Waals surface area contributed by atoms with Crippen LogP contribution in [0.25, 0.3) is 22.2 Å². The number of carbonyl (C=O) groups is 1. The van der Waals surface area contributed by atoms with Crippen LogP contribution in [0.1, 0.15) is 0 Å². The number of nitrogens with one attached hydrogen (secondary N) is 2. The normalized spacial score (nSPS) is 13.9. The fourth-order valence-corrected chi connectivity index (χ4v) is 4.21. The first kappa shape index (κ1) is 24.3. The highest BCUT2D eigenvalue weighted by atomic mass is 19.3. The van der Waals surface area contributed by atoms with E-state index in [2.05, 4.69) is 49.6 Å². The maximum atomic E-state index is 12.4. The van der Waals surface area contributed by atoms with Crippen molar-refractivity contribution < 1.29 is 13.6 Å². The van der Waals surface area contributed by atoms with Gasteiger partial charge in [-0.15, -0.1) is 0 Å². The van der Waals surface area contributed by atoms with E-state index < -0.39 is 12.0 Å². The van der Waals surface area contributed by atoms with Crippen molar-refractivity contribution in [1.29, 1.82) is 0 Å². The minimum atomic E-state index is -2.06. The number of fused-ring (bicyclic) bond motifs is 1. The quantitative estimate of drug-likeness (QED) is 0.363. The second kappa shape index (κ2) is 10.7. The number of amides is 1. The third-order valence-corrected chi connectivity index (χ3v) is 6.15. The molecule has 2 N–H and O–H groups in total. The number of piperazine rings is 1. The van der Waals surface area contributed by atoms with Crippen LogP contribution in [0.5, 0.6) is 0 Å². The summed E-state index contributed by atoms with van der Waals surface area (Å²) in [5.41, 5.74) is 4.32. The number of para-hydroxylation sites is 1. The molecule has 0 aliphatic carbocycles. The van der Waals surface area contributed by atoms with Crippen LogP contribution in [0.2, 0.25) is 0 Å². The zero-order valence-corrected chi connectivity index (χ0v) is 20.2. The second-order valence-electron chi connectivity index (χ2n) is 8.75. The van der Waals surface area contributed by atoms with E-state index >= 15 is 0 Å². The summed E-state index contributed by atoms with van der Waals surface area (Å²) in [6, 6.07) is 17.0. The highest BCUT2D eigenvalue weighted by Crippen LogP contribution is 2.29. The number of carbonyl (C=O) groups excluding carboxylic acids is 1. The zero-order valence-electron chi connectivity index (χ0n) is 20.2. The molecule has 3 heterocycles. The summed E-state index contributed by atoms with van der Waals surface area (Å²) in [5.74, 6) is -0.483. The molecule has 10 heteroatoms. The van der Waals surface area contributed by atoms with Gasteiger partial charge in [-0.25, -0.2) is 9.97 Å². The first-order valence-corrected chi connectivity index (χ1v) is 11.8. The van der Waals surface area contributed by atoms with Crippen LogP contribution in [0.4, 0.5) is 31.8 Å². The molecule has 2 aromatic carbocycles. The fraction of sp³-hybridized carbons (Fsp3) is 0.185. The molecule has 0 atom stereocenters. The number of nitrogens with zero attached hydrogens (tertiary/aromatic N) is 5. The number of rotatable bonds is 6. The molecule has 5 rings (SSSR count). The Labute approximate surface area is 212 Å². The van der Waals surface area contributed by atoms with Crippen LogP contribution in [-0.4, -0.2) is 59.0 Å². The number of aromatic nitrogens is 3. The van der Waals surface area contributed by atoms with Gasteiger partial charge in [0.15, 0.2) is 0 Å². The molecule has 188 valence electrons. The Hall–Kier alpha value is -4.44. The predicted octanol–water partition coefficient (Wildman–Crippen LogP) is 4.91. The van der Waals surface area contributed by atoms with E-state index in [4.69, 9.17) is 4.98 Å². The smallest absolute Gasteiger partial charge is 0.275 e. The predicted molar refractivity (Wildman–Crippen MR) is 141 cm³/mol. The van der Waals surface area contributed by atoms with Crippen molar-refractivity contribution in [1.82, 2.24) is 19.9 Å². The van der Waals surface area contributed by atoms with Crippen molar-refractivity contribution in [2.45, 2.75) is 0 Å². The summed E-state index contributed by atoms with van der Waals surface area (Å²) in [4.78, 5) is 30.0. The van der Waals surface area contributed by atoms with Crippen molar-refractivity contribution in [3.8, 4) is 11.3 Å². The molecule has 1 amide bonds. The van der Waals surface area contributed by atoms with Crippen LogP contribution >= 0.6 is 0 Å². The zero-order chi connectivity index (χ0) is 25.8. The lowest BCUT2D eigenvalue weighted by atomic mass is 10.1. The summed E-state index contributed by atoms with van der Waals surface area (Å²) in [5, 5.41) is 6.50. The van der Waals surface area contributed by atoms with E-state index in [0.29, 0.717) is 22.8 Å². The molecule has 0 radical (unpaired) electrons. The Balaban J connectivity index is 1.38. The highest BCUT2D eigenvalue weighted by Gasteiger charge is 2.14. The van der Waals surface area contributed by atoms with Crippen LogP contribution in [0.15, 0.2) is 79.1 Å². The maximum Gasteiger partial charge on any atom is 0.275 e. The minimum Gasteiger partial charge on any atom is -0.369 e. The molecular formula is C27H25F2N7O. The summed E-state index contributed by atoms with van der Waals surface area (Å²) < 4.78 is 24.8. The summed E-state index contributed by atoms with van der Waals surface area (Å²) in [7, 11) is 2.14. The van der Waals surface area contributed by atoms with Gasteiger partial charge in [-0.05, 0) is 43.4 Å². The van der Waals surface area contributed by atoms with E-state index in [1.807, 2.05) is 30.3 Å². The van der Waals surface area contributed by atoms with E-state index in [0.717, 1.165) is 42.8 Å². The Kier molecular flexibility index (Phi) is 7.00. The molecule has 0 saturated carbocycles. The van der Waals surface area contributed by atoms with Gasteiger partial charge in [-0.2, -0.15) is 8.78 Å². The molecule has 2 aromatic heterocycles. The third-order valence-electron chi connectivity index (χ3n) is 6.15. The Bertz CT molecular complexity index is 1450. The largest absolute Gasteiger partial charge is 0.369 e. The van der Waals surface area contributed by atoms with E-state index in [9.17, 15) is 13.6 Å². The van der Waals surface area contributed by atoms with Gasteiger partial charge >= 0.3 is 0 Å². The Morgan fingerprint density at radius 1 is 0.973 bits per heavy atom. The van der Waals surface area contributed by atoms with Gasteiger partial charge < -0.3 is 20.4 Å². The van der Waals surface area contributed by atoms with Gasteiger partial charge in [0.2, 0.25) is 5.95 Å². The molecule has 1 aliphatic rings. The van der Waals surface area contributed by atoms with E-state index in [1.54, 1.807) is 12.3 Å². The number of hydrogen-bond donors (Lipinski definition) is 2. The molecule has 0 bridgehead atoms. The lowest BCUT2D eigenvalue weighted by molar-refractivity contribution is -0.112. The molecule has 37 heavy (non-hydrogen) atoms. The van der Waals surface area contributed by atoms with Gasteiger partial charge in [0.05, 0.1) is 17.3 Å². The van der Waals surface area contributed by atoms with Crippen LogP contribution in [-0.2, 0) is 4.79 Å². The van der Waals surface area contributed by atoms with Crippen LogP contribution in [0, 0.1) is 0 Å². The van der Waals surface area contributed by atoms with Gasteiger partial charge in [0.25, 0.3) is 12.0 Å². The average molecular weight is 502 g/mol. The summed E-state index contributed by atoms with van der Waals surface area (Å²) >= 11 is 0. The van der Waals surface area contributed by atoms with Gasteiger partial charge in [0.1, 0.15) is 0 Å². The van der Waals surface area contributed by atoms with Crippen molar-refractivity contribution in [3.05, 3.63) is 79.1 Å². The number of hydrogen-bond acceptors (Lipinski definition) is 7. The first-order chi connectivity index (χ1) is 17.9. The van der Waals surface area contributed by atoms with Crippen LogP contribution < -0.4 is 15.5 Å². The van der Waals surface area contributed by atoms with Gasteiger partial charge in [-0.3, -0.25) is 9.78 Å². The molecule has 8 nitrogen and oxygen atoms in total. The van der Waals surface area contributed by atoms with Crippen molar-refractivity contribution in [2.75, 3.05) is 48.8 Å². The number of benzene rings is 2. The molecule has 0 spiro atoms. The van der Waals surface area contributed by atoms with Crippen molar-refractivity contribution in [3.63, 3.8) is 0 Å². The lowest BCUT2D eigenvalue weighted by Crippen LogP contribution is -2.44. The lowest BCUT2D eigenvalue weighted by Gasteiger charge is -2.34. The summed E-state index contributed by atoms with van der Waals surface area (Å²) in [6.07, 6.45) is 1.40. The van der Waals surface area contributed by atoms with Gasteiger partial charge in [-0.1, -0.05) is 18.2 Å². The monoisotopic (exact) mass is 501 g/mol. The molecule has 1 saturated heterocycles. The SMILES string of the molecule is CN1CCN(c2ccc(Nc3ncc4cccc(-c5cc(NC(=O)C=C(F)F)ccn5)c4n3)cc2)CC1. The Morgan fingerprint density at radius 3 is 2.51 bits per heavy atom. The number of likely N-dealkylation sites (N-methyl/N-ethyl adjacent to an activating group) is 1.